The number of aliphatic hydroxyl groups is 1. The molecule has 0 radical (unpaired) electrons. The smallest absolute Gasteiger partial charge is 0.387 e. The van der Waals surface area contributed by atoms with Gasteiger partial charge in [0.2, 0.25) is 0 Å². The van der Waals surface area contributed by atoms with Gasteiger partial charge in [-0.05, 0) is 36.5 Å². The van der Waals surface area contributed by atoms with E-state index in [-0.39, 0.29) is 23.5 Å². The number of benzene rings is 1. The second-order valence-electron chi connectivity index (χ2n) is 5.25. The molecule has 0 aromatic heterocycles. The van der Waals surface area contributed by atoms with E-state index in [1.807, 2.05) is 0 Å². The lowest BCUT2D eigenvalue weighted by Gasteiger charge is -2.16. The molecule has 1 saturated carbocycles. The second kappa shape index (κ2) is 7.56. The molecular formula is C15H21F2NO3. The van der Waals surface area contributed by atoms with Crippen molar-refractivity contribution in [1.82, 2.24) is 5.32 Å². The van der Waals surface area contributed by atoms with Crippen molar-refractivity contribution in [2.45, 2.75) is 38.5 Å². The van der Waals surface area contributed by atoms with Crippen molar-refractivity contribution in [3.05, 3.63) is 23.8 Å². The molecular weight excluding hydrogens is 280 g/mol. The average molecular weight is 301 g/mol. The van der Waals surface area contributed by atoms with Gasteiger partial charge in [0.05, 0.1) is 13.2 Å². The number of aliphatic hydroxyl groups excluding tert-OH is 1. The van der Waals surface area contributed by atoms with E-state index < -0.39 is 6.61 Å². The molecule has 0 spiro atoms. The molecule has 1 aromatic rings. The van der Waals surface area contributed by atoms with E-state index in [2.05, 4.69) is 10.1 Å². The number of hydrogen-bond acceptors (Lipinski definition) is 4. The van der Waals surface area contributed by atoms with Crippen LogP contribution in [-0.2, 0) is 6.54 Å². The lowest BCUT2D eigenvalue weighted by Crippen LogP contribution is -2.27. The maximum Gasteiger partial charge on any atom is 0.387 e. The Hall–Kier alpha value is -1.40. The summed E-state index contributed by atoms with van der Waals surface area (Å²) in [4.78, 5) is 0. The van der Waals surface area contributed by atoms with Crippen molar-refractivity contribution in [3.8, 4) is 11.5 Å². The number of alkyl halides is 2. The predicted octanol–water partition coefficient (Wildman–Crippen LogP) is 2.55. The SMILES string of the molecule is COc1ccc(CNCC2CCCC2O)cc1OC(F)F. The van der Waals surface area contributed by atoms with Crippen LogP contribution in [0.2, 0.25) is 0 Å². The summed E-state index contributed by atoms with van der Waals surface area (Å²) < 4.78 is 34.1. The Bertz CT molecular complexity index is 457. The number of rotatable bonds is 7. The minimum Gasteiger partial charge on any atom is -0.493 e. The fourth-order valence-corrected chi connectivity index (χ4v) is 2.68. The van der Waals surface area contributed by atoms with Crippen molar-refractivity contribution in [2.24, 2.45) is 5.92 Å². The van der Waals surface area contributed by atoms with E-state index in [0.29, 0.717) is 6.54 Å². The molecule has 21 heavy (non-hydrogen) atoms. The third kappa shape index (κ3) is 4.54. The Morgan fingerprint density at radius 2 is 2.14 bits per heavy atom. The van der Waals surface area contributed by atoms with Crippen LogP contribution in [0.3, 0.4) is 0 Å². The van der Waals surface area contributed by atoms with Gasteiger partial charge in [0.15, 0.2) is 11.5 Å². The molecule has 0 amide bonds. The standard InChI is InChI=1S/C15H21F2NO3/c1-20-13-6-5-10(7-14(13)21-15(16)17)8-18-9-11-3-2-4-12(11)19/h5-7,11-12,15,18-19H,2-4,8-9H2,1H3. The summed E-state index contributed by atoms with van der Waals surface area (Å²) >= 11 is 0. The molecule has 0 aliphatic heterocycles. The number of halogens is 2. The monoisotopic (exact) mass is 301 g/mol. The van der Waals surface area contributed by atoms with Crippen LogP contribution >= 0.6 is 0 Å². The summed E-state index contributed by atoms with van der Waals surface area (Å²) in [5.74, 6) is 0.595. The quantitative estimate of drug-likeness (QED) is 0.812. The first-order chi connectivity index (χ1) is 10.1. The largest absolute Gasteiger partial charge is 0.493 e. The zero-order valence-corrected chi connectivity index (χ0v) is 12.0. The molecule has 2 rings (SSSR count). The summed E-state index contributed by atoms with van der Waals surface area (Å²) in [6.45, 7) is -1.62. The fraction of sp³-hybridized carbons (Fsp3) is 0.600. The van der Waals surface area contributed by atoms with Gasteiger partial charge in [-0.3, -0.25) is 0 Å². The summed E-state index contributed by atoms with van der Waals surface area (Å²) in [5, 5.41) is 13.0. The third-order valence-corrected chi connectivity index (χ3v) is 3.80. The van der Waals surface area contributed by atoms with Gasteiger partial charge in [-0.25, -0.2) is 0 Å². The van der Waals surface area contributed by atoms with Crippen molar-refractivity contribution in [1.29, 1.82) is 0 Å². The molecule has 1 aliphatic rings. The second-order valence-corrected chi connectivity index (χ2v) is 5.25. The minimum atomic E-state index is -2.88. The topological polar surface area (TPSA) is 50.7 Å². The number of nitrogens with one attached hydrogen (secondary N) is 1. The first-order valence-corrected chi connectivity index (χ1v) is 7.10. The van der Waals surface area contributed by atoms with Gasteiger partial charge in [-0.1, -0.05) is 12.5 Å². The Morgan fingerprint density at radius 1 is 1.33 bits per heavy atom. The molecule has 2 unspecified atom stereocenters. The van der Waals surface area contributed by atoms with Crippen LogP contribution in [0.15, 0.2) is 18.2 Å². The molecule has 1 fully saturated rings. The minimum absolute atomic E-state index is 0.0349. The van der Waals surface area contributed by atoms with Crippen LogP contribution in [-0.4, -0.2) is 31.5 Å². The molecule has 0 saturated heterocycles. The van der Waals surface area contributed by atoms with Crippen LogP contribution in [0.25, 0.3) is 0 Å². The Kier molecular flexibility index (Phi) is 5.76. The van der Waals surface area contributed by atoms with Crippen molar-refractivity contribution < 1.29 is 23.4 Å². The van der Waals surface area contributed by atoms with Gasteiger partial charge < -0.3 is 19.9 Å². The zero-order valence-electron chi connectivity index (χ0n) is 12.0. The van der Waals surface area contributed by atoms with Gasteiger partial charge in [0.25, 0.3) is 0 Å². The van der Waals surface area contributed by atoms with E-state index in [1.165, 1.54) is 7.11 Å². The summed E-state index contributed by atoms with van der Waals surface area (Å²) in [6.07, 6.45) is 2.71. The zero-order chi connectivity index (χ0) is 15.2. The Balaban J connectivity index is 1.90. The highest BCUT2D eigenvalue weighted by molar-refractivity contribution is 5.42. The normalized spacial score (nSPS) is 21.8. The van der Waals surface area contributed by atoms with Gasteiger partial charge in [-0.2, -0.15) is 8.78 Å². The van der Waals surface area contributed by atoms with Crippen molar-refractivity contribution in [3.63, 3.8) is 0 Å². The van der Waals surface area contributed by atoms with Gasteiger partial charge in [0.1, 0.15) is 0 Å². The number of hydrogen-bond donors (Lipinski definition) is 2. The van der Waals surface area contributed by atoms with E-state index in [0.717, 1.165) is 31.4 Å². The number of methoxy groups -OCH3 is 1. The molecule has 2 N–H and O–H groups in total. The molecule has 1 aromatic carbocycles. The first kappa shape index (κ1) is 16.0. The van der Waals surface area contributed by atoms with Gasteiger partial charge in [0, 0.05) is 13.1 Å². The average Bonchev–Trinajstić information content (AvgIpc) is 2.84. The summed E-state index contributed by atoms with van der Waals surface area (Å²) in [6, 6.07) is 4.96. The lowest BCUT2D eigenvalue weighted by molar-refractivity contribution is -0.0512. The molecule has 6 heteroatoms. The molecule has 4 nitrogen and oxygen atoms in total. The maximum absolute atomic E-state index is 12.3. The highest BCUT2D eigenvalue weighted by Crippen LogP contribution is 2.29. The van der Waals surface area contributed by atoms with E-state index >= 15 is 0 Å². The molecule has 0 heterocycles. The van der Waals surface area contributed by atoms with E-state index in [9.17, 15) is 13.9 Å². The Morgan fingerprint density at radius 3 is 2.76 bits per heavy atom. The van der Waals surface area contributed by atoms with Crippen molar-refractivity contribution in [2.75, 3.05) is 13.7 Å². The lowest BCUT2D eigenvalue weighted by atomic mass is 10.1. The van der Waals surface area contributed by atoms with Crippen LogP contribution < -0.4 is 14.8 Å². The summed E-state index contributed by atoms with van der Waals surface area (Å²) in [5.41, 5.74) is 0.832. The van der Waals surface area contributed by atoms with Gasteiger partial charge >= 0.3 is 6.61 Å². The van der Waals surface area contributed by atoms with E-state index in [4.69, 9.17) is 4.74 Å². The fourth-order valence-electron chi connectivity index (χ4n) is 2.68. The van der Waals surface area contributed by atoms with Crippen LogP contribution in [0, 0.1) is 5.92 Å². The molecule has 0 bridgehead atoms. The van der Waals surface area contributed by atoms with Gasteiger partial charge in [-0.15, -0.1) is 0 Å². The highest BCUT2D eigenvalue weighted by Gasteiger charge is 2.24. The molecule has 118 valence electrons. The maximum atomic E-state index is 12.3. The number of ether oxygens (including phenoxy) is 2. The van der Waals surface area contributed by atoms with Crippen LogP contribution in [0.1, 0.15) is 24.8 Å². The molecule has 1 aliphatic carbocycles. The van der Waals surface area contributed by atoms with E-state index in [1.54, 1.807) is 18.2 Å². The summed E-state index contributed by atoms with van der Waals surface area (Å²) in [7, 11) is 1.41. The van der Waals surface area contributed by atoms with Crippen LogP contribution in [0.5, 0.6) is 11.5 Å². The first-order valence-electron chi connectivity index (χ1n) is 7.10. The highest BCUT2D eigenvalue weighted by atomic mass is 19.3. The molecule has 2 atom stereocenters. The van der Waals surface area contributed by atoms with Crippen molar-refractivity contribution >= 4 is 0 Å². The Labute approximate surface area is 123 Å². The third-order valence-electron chi connectivity index (χ3n) is 3.80. The van der Waals surface area contributed by atoms with Crippen LogP contribution in [0.4, 0.5) is 8.78 Å². The predicted molar refractivity (Wildman–Crippen MR) is 74.7 cm³/mol.